The number of hydrogen-bond acceptors (Lipinski definition) is 3. The Labute approximate surface area is 117 Å². The third-order valence-corrected chi connectivity index (χ3v) is 3.03. The van der Waals surface area contributed by atoms with Crippen LogP contribution in [0.3, 0.4) is 0 Å². The summed E-state index contributed by atoms with van der Waals surface area (Å²) in [6.07, 6.45) is 5.95. The smallest absolute Gasteiger partial charge is 0.123 e. The van der Waals surface area contributed by atoms with Gasteiger partial charge in [-0.15, -0.1) is 0 Å². The molecule has 0 aliphatic rings. The molecule has 3 nitrogen and oxygen atoms in total. The lowest BCUT2D eigenvalue weighted by molar-refractivity contribution is 0.115. The van der Waals surface area contributed by atoms with Crippen molar-refractivity contribution in [3.8, 4) is 5.75 Å². The van der Waals surface area contributed by atoms with Crippen LogP contribution in [0.1, 0.15) is 44.6 Å². The summed E-state index contributed by atoms with van der Waals surface area (Å²) < 4.78 is 11.3. The molecule has 0 amide bonds. The molecule has 0 saturated heterocycles. The maximum atomic E-state index is 5.71. The summed E-state index contributed by atoms with van der Waals surface area (Å²) in [5.74, 6) is 0.896. The number of benzene rings is 1. The maximum absolute atomic E-state index is 5.71. The molecule has 0 fully saturated rings. The second kappa shape index (κ2) is 10.8. The van der Waals surface area contributed by atoms with Crippen molar-refractivity contribution in [3.05, 3.63) is 29.8 Å². The highest BCUT2D eigenvalue weighted by Crippen LogP contribution is 2.17. The third-order valence-electron chi connectivity index (χ3n) is 3.03. The van der Waals surface area contributed by atoms with E-state index in [2.05, 4.69) is 6.92 Å². The van der Waals surface area contributed by atoms with Crippen LogP contribution in [0.5, 0.6) is 5.75 Å². The zero-order valence-corrected chi connectivity index (χ0v) is 12.1. The first-order valence-electron chi connectivity index (χ1n) is 7.37. The van der Waals surface area contributed by atoms with E-state index < -0.39 is 0 Å². The second-order valence-corrected chi connectivity index (χ2v) is 4.69. The fraction of sp³-hybridized carbons (Fsp3) is 0.625. The predicted molar refractivity (Wildman–Crippen MR) is 79.4 cm³/mol. The van der Waals surface area contributed by atoms with Gasteiger partial charge in [0.05, 0.1) is 6.61 Å². The van der Waals surface area contributed by atoms with Crippen molar-refractivity contribution >= 4 is 0 Å². The van der Waals surface area contributed by atoms with Gasteiger partial charge in [-0.3, -0.25) is 0 Å². The molecule has 1 aromatic rings. The molecule has 0 aromatic heterocycles. The molecular weight excluding hydrogens is 238 g/mol. The molecular formula is C16H27NO2. The normalized spacial score (nSPS) is 10.6. The van der Waals surface area contributed by atoms with E-state index in [0.717, 1.165) is 30.9 Å². The average molecular weight is 265 g/mol. The summed E-state index contributed by atoms with van der Waals surface area (Å²) in [6.45, 7) is 5.07. The van der Waals surface area contributed by atoms with Crippen LogP contribution in [0.4, 0.5) is 0 Å². The molecule has 0 unspecified atom stereocenters. The van der Waals surface area contributed by atoms with Crippen LogP contribution in [0.2, 0.25) is 0 Å². The number of ether oxygens (including phenoxy) is 2. The SMILES string of the molecule is CCCCCCOCCCOc1ccccc1CN. The molecule has 2 N–H and O–H groups in total. The molecule has 1 rings (SSSR count). The molecule has 0 bridgehead atoms. The van der Waals surface area contributed by atoms with E-state index in [1.54, 1.807) is 0 Å². The van der Waals surface area contributed by atoms with Crippen LogP contribution in [0.15, 0.2) is 24.3 Å². The van der Waals surface area contributed by atoms with Crippen molar-refractivity contribution in [2.45, 2.75) is 45.6 Å². The molecule has 0 aliphatic carbocycles. The van der Waals surface area contributed by atoms with E-state index >= 15 is 0 Å². The first-order chi connectivity index (χ1) is 9.38. The number of hydrogen-bond donors (Lipinski definition) is 1. The lowest BCUT2D eigenvalue weighted by Gasteiger charge is -2.10. The van der Waals surface area contributed by atoms with Gasteiger partial charge in [-0.1, -0.05) is 44.4 Å². The summed E-state index contributed by atoms with van der Waals surface area (Å²) in [5.41, 5.74) is 6.71. The molecule has 0 heterocycles. The van der Waals surface area contributed by atoms with Crippen molar-refractivity contribution in [3.63, 3.8) is 0 Å². The fourth-order valence-corrected chi connectivity index (χ4v) is 1.89. The zero-order valence-electron chi connectivity index (χ0n) is 12.1. The van der Waals surface area contributed by atoms with Gasteiger partial charge in [0, 0.05) is 31.7 Å². The number of para-hydroxylation sites is 1. The van der Waals surface area contributed by atoms with Gasteiger partial charge in [-0.2, -0.15) is 0 Å². The van der Waals surface area contributed by atoms with Crippen LogP contribution in [0, 0.1) is 0 Å². The van der Waals surface area contributed by atoms with Gasteiger partial charge in [0.1, 0.15) is 5.75 Å². The zero-order chi connectivity index (χ0) is 13.8. The van der Waals surface area contributed by atoms with E-state index in [-0.39, 0.29) is 0 Å². The Morgan fingerprint density at radius 2 is 1.74 bits per heavy atom. The molecule has 0 saturated carbocycles. The highest BCUT2D eigenvalue weighted by atomic mass is 16.5. The van der Waals surface area contributed by atoms with Gasteiger partial charge in [0.2, 0.25) is 0 Å². The second-order valence-electron chi connectivity index (χ2n) is 4.69. The molecule has 0 radical (unpaired) electrons. The Hall–Kier alpha value is -1.06. The highest BCUT2D eigenvalue weighted by Gasteiger charge is 2.00. The Morgan fingerprint density at radius 3 is 2.53 bits per heavy atom. The fourth-order valence-electron chi connectivity index (χ4n) is 1.89. The van der Waals surface area contributed by atoms with Crippen LogP contribution in [-0.2, 0) is 11.3 Å². The van der Waals surface area contributed by atoms with E-state index in [0.29, 0.717) is 13.2 Å². The molecule has 0 spiro atoms. The quantitative estimate of drug-likeness (QED) is 0.623. The summed E-state index contributed by atoms with van der Waals surface area (Å²) in [6, 6.07) is 7.92. The van der Waals surface area contributed by atoms with Crippen LogP contribution >= 0.6 is 0 Å². The summed E-state index contributed by atoms with van der Waals surface area (Å²) >= 11 is 0. The lowest BCUT2D eigenvalue weighted by Crippen LogP contribution is -2.06. The molecule has 19 heavy (non-hydrogen) atoms. The van der Waals surface area contributed by atoms with Gasteiger partial charge >= 0.3 is 0 Å². The topological polar surface area (TPSA) is 44.5 Å². The Kier molecular flexibility index (Phi) is 9.11. The van der Waals surface area contributed by atoms with Crippen molar-refractivity contribution in [1.29, 1.82) is 0 Å². The van der Waals surface area contributed by atoms with Gasteiger partial charge in [-0.05, 0) is 12.5 Å². The van der Waals surface area contributed by atoms with Crippen molar-refractivity contribution in [2.75, 3.05) is 19.8 Å². The molecule has 0 aliphatic heterocycles. The first kappa shape index (κ1) is 16.0. The van der Waals surface area contributed by atoms with E-state index in [4.69, 9.17) is 15.2 Å². The minimum Gasteiger partial charge on any atom is -0.493 e. The molecule has 3 heteroatoms. The Balaban J connectivity index is 2.01. The van der Waals surface area contributed by atoms with Crippen LogP contribution < -0.4 is 10.5 Å². The van der Waals surface area contributed by atoms with Crippen LogP contribution in [-0.4, -0.2) is 19.8 Å². The van der Waals surface area contributed by atoms with E-state index in [9.17, 15) is 0 Å². The van der Waals surface area contributed by atoms with Crippen molar-refractivity contribution in [2.24, 2.45) is 5.73 Å². The number of unbranched alkanes of at least 4 members (excludes halogenated alkanes) is 3. The highest BCUT2D eigenvalue weighted by molar-refractivity contribution is 5.32. The third kappa shape index (κ3) is 7.19. The Bertz CT molecular complexity index is 328. The largest absolute Gasteiger partial charge is 0.493 e. The minimum absolute atomic E-state index is 0.518. The summed E-state index contributed by atoms with van der Waals surface area (Å²) in [7, 11) is 0. The van der Waals surface area contributed by atoms with Gasteiger partial charge < -0.3 is 15.2 Å². The molecule has 108 valence electrons. The van der Waals surface area contributed by atoms with E-state index in [1.807, 2.05) is 24.3 Å². The summed E-state index contributed by atoms with van der Waals surface area (Å²) in [4.78, 5) is 0. The first-order valence-corrected chi connectivity index (χ1v) is 7.37. The van der Waals surface area contributed by atoms with Gasteiger partial charge in [0.15, 0.2) is 0 Å². The van der Waals surface area contributed by atoms with Crippen molar-refractivity contribution in [1.82, 2.24) is 0 Å². The van der Waals surface area contributed by atoms with E-state index in [1.165, 1.54) is 25.7 Å². The Morgan fingerprint density at radius 1 is 0.947 bits per heavy atom. The van der Waals surface area contributed by atoms with Gasteiger partial charge in [-0.25, -0.2) is 0 Å². The average Bonchev–Trinajstić information content (AvgIpc) is 2.46. The van der Waals surface area contributed by atoms with Crippen molar-refractivity contribution < 1.29 is 9.47 Å². The number of rotatable bonds is 11. The minimum atomic E-state index is 0.518. The van der Waals surface area contributed by atoms with Gasteiger partial charge in [0.25, 0.3) is 0 Å². The molecule has 1 aromatic carbocycles. The number of nitrogens with two attached hydrogens (primary N) is 1. The summed E-state index contributed by atoms with van der Waals surface area (Å²) in [5, 5.41) is 0. The van der Waals surface area contributed by atoms with Crippen LogP contribution in [0.25, 0.3) is 0 Å². The monoisotopic (exact) mass is 265 g/mol. The predicted octanol–water partition coefficient (Wildman–Crippen LogP) is 3.51. The maximum Gasteiger partial charge on any atom is 0.123 e. The molecule has 0 atom stereocenters. The standard InChI is InChI=1S/C16H27NO2/c1-2-3-4-7-11-18-12-8-13-19-16-10-6-5-9-15(16)14-17/h5-6,9-10H,2-4,7-8,11-14,17H2,1H3. The lowest BCUT2D eigenvalue weighted by atomic mass is 10.2.